The predicted molar refractivity (Wildman–Crippen MR) is 143 cm³/mol. The highest BCUT2D eigenvalue weighted by molar-refractivity contribution is 7.13. The van der Waals surface area contributed by atoms with E-state index in [0.29, 0.717) is 5.65 Å². The Labute approximate surface area is 202 Å². The van der Waals surface area contributed by atoms with Crippen LogP contribution < -0.4 is 0 Å². The average Bonchev–Trinajstić information content (AvgIpc) is 3.59. The van der Waals surface area contributed by atoms with Crippen LogP contribution in [0.15, 0.2) is 78.6 Å². The molecule has 2 N–H and O–H groups in total. The van der Waals surface area contributed by atoms with Crippen molar-refractivity contribution in [1.82, 2.24) is 30.0 Å². The lowest BCUT2D eigenvalue weighted by molar-refractivity contribution is 0.449. The molecule has 7 heteroatoms. The molecule has 5 heterocycles. The van der Waals surface area contributed by atoms with E-state index in [1.54, 1.807) is 11.3 Å². The number of rotatable bonds is 7. The van der Waals surface area contributed by atoms with E-state index in [9.17, 15) is 0 Å². The van der Waals surface area contributed by atoms with E-state index in [2.05, 4.69) is 92.5 Å². The number of likely N-dealkylation sites (N-methyl/N-ethyl adjacent to an activating group) is 1. The number of allylic oxidation sites excluding steroid dienone is 3. The summed E-state index contributed by atoms with van der Waals surface area (Å²) < 4.78 is 0. The molecule has 0 spiro atoms. The van der Waals surface area contributed by atoms with Gasteiger partial charge in [-0.15, -0.1) is 11.3 Å². The molecule has 170 valence electrons. The maximum absolute atomic E-state index is 4.63. The lowest BCUT2D eigenvalue weighted by Crippen LogP contribution is -2.14. The maximum atomic E-state index is 4.63. The third kappa shape index (κ3) is 4.11. The molecule has 0 saturated carbocycles. The minimum atomic E-state index is 0.686. The van der Waals surface area contributed by atoms with Crippen molar-refractivity contribution in [2.75, 3.05) is 20.6 Å². The van der Waals surface area contributed by atoms with Crippen LogP contribution in [0.5, 0.6) is 0 Å². The highest BCUT2D eigenvalue weighted by Gasteiger charge is 2.15. The van der Waals surface area contributed by atoms with Crippen molar-refractivity contribution < 1.29 is 0 Å². The number of nitrogens with zero attached hydrogens (tertiary/aromatic N) is 4. The van der Waals surface area contributed by atoms with Gasteiger partial charge in [-0.2, -0.15) is 5.10 Å². The zero-order chi connectivity index (χ0) is 23.7. The van der Waals surface area contributed by atoms with E-state index in [-0.39, 0.29) is 0 Å². The number of aromatic amines is 2. The molecule has 0 fully saturated rings. The normalized spacial score (nSPS) is 12.8. The first kappa shape index (κ1) is 22.0. The van der Waals surface area contributed by atoms with Crippen molar-refractivity contribution in [3.8, 4) is 21.8 Å². The molecular weight excluding hydrogens is 440 g/mol. The number of hydrogen-bond acceptors (Lipinski definition) is 5. The SMILES string of the molecule is C=C/C(=C\C(=C/C)c1cnc2n[nH]c(-c3cc4c(-c5cccs5)cncc4[nH]3)c2c1)CN(C)C. The Morgan fingerprint density at radius 1 is 1.18 bits per heavy atom. The molecular formula is C27H26N6S. The number of fused-ring (bicyclic) bond motifs is 2. The van der Waals surface area contributed by atoms with Gasteiger partial charge in [-0.05, 0) is 55.7 Å². The number of pyridine rings is 2. The van der Waals surface area contributed by atoms with E-state index in [1.807, 2.05) is 31.6 Å². The number of thiophene rings is 1. The van der Waals surface area contributed by atoms with Crippen molar-refractivity contribution in [3.05, 3.63) is 84.2 Å². The van der Waals surface area contributed by atoms with Gasteiger partial charge in [-0.25, -0.2) is 4.98 Å². The van der Waals surface area contributed by atoms with Crippen LogP contribution in [-0.4, -0.2) is 50.7 Å². The van der Waals surface area contributed by atoms with Crippen LogP contribution in [0.25, 0.3) is 49.3 Å². The molecule has 6 nitrogen and oxygen atoms in total. The second kappa shape index (κ2) is 9.21. The summed E-state index contributed by atoms with van der Waals surface area (Å²) in [6.45, 7) is 6.84. The summed E-state index contributed by atoms with van der Waals surface area (Å²) in [6.07, 6.45) is 11.8. The molecule has 0 saturated heterocycles. The fourth-order valence-electron chi connectivity index (χ4n) is 4.14. The van der Waals surface area contributed by atoms with E-state index in [4.69, 9.17) is 0 Å². The van der Waals surface area contributed by atoms with Crippen LogP contribution >= 0.6 is 11.3 Å². The Morgan fingerprint density at radius 3 is 2.79 bits per heavy atom. The predicted octanol–water partition coefficient (Wildman–Crippen LogP) is 6.31. The van der Waals surface area contributed by atoms with Crippen LogP contribution in [0.3, 0.4) is 0 Å². The summed E-state index contributed by atoms with van der Waals surface area (Å²) in [7, 11) is 4.11. The number of aromatic nitrogens is 5. The molecule has 5 rings (SSSR count). The fraction of sp³-hybridized carbons (Fsp3) is 0.148. The average molecular weight is 467 g/mol. The molecule has 5 aromatic rings. The van der Waals surface area contributed by atoms with Gasteiger partial charge in [0.05, 0.1) is 23.1 Å². The second-order valence-corrected chi connectivity index (χ2v) is 9.36. The molecule has 0 radical (unpaired) electrons. The zero-order valence-electron chi connectivity index (χ0n) is 19.5. The third-order valence-electron chi connectivity index (χ3n) is 5.76. The zero-order valence-corrected chi connectivity index (χ0v) is 20.3. The minimum Gasteiger partial charge on any atom is -0.352 e. The van der Waals surface area contributed by atoms with Crippen LogP contribution in [0.2, 0.25) is 0 Å². The lowest BCUT2D eigenvalue weighted by atomic mass is 10.0. The Hall–Kier alpha value is -3.81. The van der Waals surface area contributed by atoms with E-state index >= 15 is 0 Å². The van der Waals surface area contributed by atoms with E-state index in [1.165, 1.54) is 4.88 Å². The Balaban J connectivity index is 1.59. The molecule has 0 unspecified atom stereocenters. The Morgan fingerprint density at radius 2 is 2.06 bits per heavy atom. The summed E-state index contributed by atoms with van der Waals surface area (Å²) in [5.41, 5.74) is 7.95. The van der Waals surface area contributed by atoms with Crippen LogP contribution in [0.4, 0.5) is 0 Å². The van der Waals surface area contributed by atoms with E-state index in [0.717, 1.165) is 56.5 Å². The fourth-order valence-corrected chi connectivity index (χ4v) is 4.89. The molecule has 0 bridgehead atoms. The first-order valence-corrected chi connectivity index (χ1v) is 11.9. The Kier molecular flexibility index (Phi) is 5.96. The van der Waals surface area contributed by atoms with E-state index < -0.39 is 0 Å². The van der Waals surface area contributed by atoms with Gasteiger partial charge in [0.25, 0.3) is 0 Å². The van der Waals surface area contributed by atoms with Crippen LogP contribution in [0.1, 0.15) is 12.5 Å². The van der Waals surface area contributed by atoms with Gasteiger partial charge in [0.1, 0.15) is 0 Å². The Bertz CT molecular complexity index is 1530. The topological polar surface area (TPSA) is 73.5 Å². The quantitative estimate of drug-likeness (QED) is 0.276. The van der Waals surface area contributed by atoms with Gasteiger partial charge < -0.3 is 9.88 Å². The monoisotopic (exact) mass is 466 g/mol. The van der Waals surface area contributed by atoms with Crippen molar-refractivity contribution in [2.24, 2.45) is 0 Å². The second-order valence-electron chi connectivity index (χ2n) is 8.41. The van der Waals surface area contributed by atoms with Gasteiger partial charge in [0, 0.05) is 45.7 Å². The first-order chi connectivity index (χ1) is 16.6. The van der Waals surface area contributed by atoms with Gasteiger partial charge in [0.15, 0.2) is 5.65 Å². The standard InChI is InChI=1S/C27H26N6S/c1-5-17(16-33(3)4)10-18(6-2)19-11-21-26(31-32-27(21)29-13-19)23-12-20-22(25-8-7-9-34-25)14-28-15-24(20)30-23/h5-15,30H,1,16H2,2-4H3,(H,29,31,32)/b17-10+,18-6+. The minimum absolute atomic E-state index is 0.686. The molecule has 34 heavy (non-hydrogen) atoms. The molecule has 0 aromatic carbocycles. The summed E-state index contributed by atoms with van der Waals surface area (Å²) >= 11 is 1.71. The van der Waals surface area contributed by atoms with Gasteiger partial charge in [0.2, 0.25) is 0 Å². The summed E-state index contributed by atoms with van der Waals surface area (Å²) in [4.78, 5) is 15.9. The summed E-state index contributed by atoms with van der Waals surface area (Å²) in [5.74, 6) is 0. The number of hydrogen-bond donors (Lipinski definition) is 2. The van der Waals surface area contributed by atoms with Crippen LogP contribution in [-0.2, 0) is 0 Å². The third-order valence-corrected chi connectivity index (χ3v) is 6.66. The highest BCUT2D eigenvalue weighted by Crippen LogP contribution is 2.35. The lowest BCUT2D eigenvalue weighted by Gasteiger charge is -2.11. The van der Waals surface area contributed by atoms with Gasteiger partial charge >= 0.3 is 0 Å². The van der Waals surface area contributed by atoms with Crippen LogP contribution in [0, 0.1) is 0 Å². The number of H-pyrrole nitrogens is 2. The number of nitrogens with one attached hydrogen (secondary N) is 2. The van der Waals surface area contributed by atoms with Crippen molar-refractivity contribution in [1.29, 1.82) is 0 Å². The molecule has 0 aliphatic heterocycles. The highest BCUT2D eigenvalue weighted by atomic mass is 32.1. The maximum Gasteiger partial charge on any atom is 0.181 e. The smallest absolute Gasteiger partial charge is 0.181 e. The molecule has 0 atom stereocenters. The van der Waals surface area contributed by atoms with Crippen molar-refractivity contribution in [2.45, 2.75) is 6.92 Å². The summed E-state index contributed by atoms with van der Waals surface area (Å²) in [6, 6.07) is 8.49. The molecule has 5 aromatic heterocycles. The largest absolute Gasteiger partial charge is 0.352 e. The molecule has 0 aliphatic carbocycles. The molecule has 0 amide bonds. The molecule has 0 aliphatic rings. The van der Waals surface area contributed by atoms with Crippen molar-refractivity contribution >= 4 is 38.8 Å². The van der Waals surface area contributed by atoms with Crippen molar-refractivity contribution in [3.63, 3.8) is 0 Å². The first-order valence-electron chi connectivity index (χ1n) is 11.1. The van der Waals surface area contributed by atoms with Gasteiger partial charge in [-0.1, -0.05) is 30.9 Å². The van der Waals surface area contributed by atoms with Gasteiger partial charge in [-0.3, -0.25) is 10.1 Å². The summed E-state index contributed by atoms with van der Waals surface area (Å²) in [5, 5.41) is 11.8.